The Hall–Kier alpha value is -2.90. The van der Waals surface area contributed by atoms with E-state index in [1.807, 2.05) is 0 Å². The van der Waals surface area contributed by atoms with Crippen molar-refractivity contribution >= 4 is 23.8 Å². The standard InChI is InChI=1S/C16H17N3O5/c1-24-15(22)11-4-2-10(3-5-11)14(21)18-7-6-12(9-18)19-13(20)8-17-16(19)23/h2-5,12H,6-9H2,1H3,(H,17,23). The van der Waals surface area contributed by atoms with Crippen molar-refractivity contribution in [3.63, 3.8) is 0 Å². The summed E-state index contributed by atoms with van der Waals surface area (Å²) >= 11 is 0. The molecule has 2 fully saturated rings. The minimum absolute atomic E-state index is 0.0122. The Bertz CT molecular complexity index is 684. The number of imide groups is 1. The molecule has 8 nitrogen and oxygen atoms in total. The number of likely N-dealkylation sites (tertiary alicyclic amines) is 1. The van der Waals surface area contributed by atoms with Crippen molar-refractivity contribution in [1.82, 2.24) is 15.1 Å². The fraction of sp³-hybridized carbons (Fsp3) is 0.375. The van der Waals surface area contributed by atoms with Gasteiger partial charge in [-0.3, -0.25) is 14.5 Å². The summed E-state index contributed by atoms with van der Waals surface area (Å²) in [6, 6.07) is 5.50. The molecule has 24 heavy (non-hydrogen) atoms. The highest BCUT2D eigenvalue weighted by molar-refractivity contribution is 6.02. The van der Waals surface area contributed by atoms with E-state index in [9.17, 15) is 19.2 Å². The van der Waals surface area contributed by atoms with E-state index in [1.54, 1.807) is 17.0 Å². The zero-order chi connectivity index (χ0) is 17.3. The molecular formula is C16H17N3O5. The van der Waals surface area contributed by atoms with Crippen LogP contribution in [0.15, 0.2) is 24.3 Å². The first kappa shape index (κ1) is 16.0. The van der Waals surface area contributed by atoms with Crippen LogP contribution in [-0.4, -0.2) is 66.4 Å². The van der Waals surface area contributed by atoms with E-state index < -0.39 is 12.0 Å². The first-order valence-corrected chi connectivity index (χ1v) is 7.59. The van der Waals surface area contributed by atoms with Crippen molar-refractivity contribution < 1.29 is 23.9 Å². The summed E-state index contributed by atoms with van der Waals surface area (Å²) in [7, 11) is 1.29. The summed E-state index contributed by atoms with van der Waals surface area (Å²) in [5, 5.41) is 2.48. The summed E-state index contributed by atoms with van der Waals surface area (Å²) < 4.78 is 4.62. The minimum atomic E-state index is -0.464. The van der Waals surface area contributed by atoms with Gasteiger partial charge in [-0.1, -0.05) is 0 Å². The number of carbonyl (C=O) groups is 4. The van der Waals surface area contributed by atoms with Gasteiger partial charge in [0, 0.05) is 18.7 Å². The molecule has 0 saturated carbocycles. The first-order chi connectivity index (χ1) is 11.5. The number of ether oxygens (including phenoxy) is 1. The Kier molecular flexibility index (Phi) is 4.20. The van der Waals surface area contributed by atoms with Crippen LogP contribution in [0.5, 0.6) is 0 Å². The van der Waals surface area contributed by atoms with Gasteiger partial charge in [-0.25, -0.2) is 9.59 Å². The molecule has 8 heteroatoms. The average Bonchev–Trinajstić information content (AvgIpc) is 3.20. The number of esters is 1. The second-order valence-corrected chi connectivity index (χ2v) is 5.69. The highest BCUT2D eigenvalue weighted by Crippen LogP contribution is 2.20. The quantitative estimate of drug-likeness (QED) is 0.632. The second-order valence-electron chi connectivity index (χ2n) is 5.69. The van der Waals surface area contributed by atoms with Crippen LogP contribution >= 0.6 is 0 Å². The van der Waals surface area contributed by atoms with Crippen molar-refractivity contribution in [2.24, 2.45) is 0 Å². The summed E-state index contributed by atoms with van der Waals surface area (Å²) in [6.45, 7) is 0.800. The molecule has 0 aromatic heterocycles. The summed E-state index contributed by atoms with van der Waals surface area (Å²) in [5.74, 6) is -0.920. The van der Waals surface area contributed by atoms with E-state index in [-0.39, 0.29) is 24.4 Å². The van der Waals surface area contributed by atoms with Crippen LogP contribution in [0.25, 0.3) is 0 Å². The smallest absolute Gasteiger partial charge is 0.337 e. The van der Waals surface area contributed by atoms with Crippen molar-refractivity contribution in [1.29, 1.82) is 0 Å². The molecular weight excluding hydrogens is 314 g/mol. The van der Waals surface area contributed by atoms with Crippen LogP contribution in [0.1, 0.15) is 27.1 Å². The molecule has 2 saturated heterocycles. The van der Waals surface area contributed by atoms with Gasteiger partial charge in [0.25, 0.3) is 5.91 Å². The monoisotopic (exact) mass is 331 g/mol. The number of nitrogens with zero attached hydrogens (tertiary/aromatic N) is 2. The van der Waals surface area contributed by atoms with Crippen LogP contribution in [0.4, 0.5) is 4.79 Å². The maximum absolute atomic E-state index is 12.5. The number of urea groups is 1. The number of hydrogen-bond acceptors (Lipinski definition) is 5. The van der Waals surface area contributed by atoms with Crippen LogP contribution in [0, 0.1) is 0 Å². The number of methoxy groups -OCH3 is 1. The molecule has 2 aliphatic heterocycles. The zero-order valence-electron chi connectivity index (χ0n) is 13.2. The van der Waals surface area contributed by atoms with Crippen LogP contribution in [0.3, 0.4) is 0 Å². The van der Waals surface area contributed by atoms with Gasteiger partial charge < -0.3 is 15.0 Å². The molecule has 0 bridgehead atoms. The lowest BCUT2D eigenvalue weighted by Gasteiger charge is -2.21. The predicted octanol–water partition coefficient (Wildman–Crippen LogP) is 0.240. The van der Waals surface area contributed by atoms with Gasteiger partial charge in [0.1, 0.15) is 0 Å². The van der Waals surface area contributed by atoms with Crippen LogP contribution in [0.2, 0.25) is 0 Å². The zero-order valence-corrected chi connectivity index (χ0v) is 13.2. The number of hydrogen-bond donors (Lipinski definition) is 1. The lowest BCUT2D eigenvalue weighted by atomic mass is 10.1. The Morgan fingerprint density at radius 2 is 1.83 bits per heavy atom. The fourth-order valence-electron chi connectivity index (χ4n) is 2.99. The maximum Gasteiger partial charge on any atom is 0.337 e. The molecule has 1 N–H and O–H groups in total. The summed E-state index contributed by atoms with van der Waals surface area (Å²) in [4.78, 5) is 50.2. The number of carbonyl (C=O) groups excluding carboxylic acids is 4. The lowest BCUT2D eigenvalue weighted by Crippen LogP contribution is -2.42. The predicted molar refractivity (Wildman–Crippen MR) is 82.3 cm³/mol. The van der Waals surface area contributed by atoms with Gasteiger partial charge in [0.2, 0.25) is 5.91 Å². The lowest BCUT2D eigenvalue weighted by molar-refractivity contribution is -0.126. The van der Waals surface area contributed by atoms with E-state index in [0.717, 1.165) is 0 Å². The van der Waals surface area contributed by atoms with Crippen molar-refractivity contribution in [3.8, 4) is 0 Å². The van der Waals surface area contributed by atoms with E-state index >= 15 is 0 Å². The highest BCUT2D eigenvalue weighted by Gasteiger charge is 2.39. The third-order valence-corrected chi connectivity index (χ3v) is 4.25. The Balaban J connectivity index is 1.67. The van der Waals surface area contributed by atoms with Gasteiger partial charge in [-0.15, -0.1) is 0 Å². The molecule has 126 valence electrons. The Labute approximate surface area is 138 Å². The fourth-order valence-corrected chi connectivity index (χ4v) is 2.99. The summed E-state index contributed by atoms with van der Waals surface area (Å²) in [6.07, 6.45) is 0.561. The molecule has 0 radical (unpaired) electrons. The minimum Gasteiger partial charge on any atom is -0.465 e. The van der Waals surface area contributed by atoms with Gasteiger partial charge >= 0.3 is 12.0 Å². The average molecular weight is 331 g/mol. The molecule has 1 aromatic rings. The van der Waals surface area contributed by atoms with Gasteiger partial charge in [0.15, 0.2) is 0 Å². The Morgan fingerprint density at radius 3 is 2.42 bits per heavy atom. The normalized spacial score (nSPS) is 20.3. The van der Waals surface area contributed by atoms with Gasteiger partial charge in [-0.2, -0.15) is 0 Å². The third kappa shape index (κ3) is 2.82. The van der Waals surface area contributed by atoms with Gasteiger partial charge in [-0.05, 0) is 30.7 Å². The first-order valence-electron chi connectivity index (χ1n) is 7.59. The molecule has 2 aliphatic rings. The third-order valence-electron chi connectivity index (χ3n) is 4.25. The van der Waals surface area contributed by atoms with Crippen LogP contribution in [-0.2, 0) is 9.53 Å². The van der Waals surface area contributed by atoms with Crippen molar-refractivity contribution in [3.05, 3.63) is 35.4 Å². The maximum atomic E-state index is 12.5. The van der Waals surface area contributed by atoms with Crippen LogP contribution < -0.4 is 5.32 Å². The SMILES string of the molecule is COC(=O)c1ccc(C(=O)N2CCC(N3C(=O)CNC3=O)C2)cc1. The topological polar surface area (TPSA) is 96.0 Å². The molecule has 0 aliphatic carbocycles. The van der Waals surface area contributed by atoms with Crippen molar-refractivity contribution in [2.75, 3.05) is 26.7 Å². The molecule has 1 aromatic carbocycles. The molecule has 4 amide bonds. The molecule has 1 atom stereocenters. The van der Waals surface area contributed by atoms with E-state index in [2.05, 4.69) is 10.1 Å². The molecule has 1 unspecified atom stereocenters. The molecule has 2 heterocycles. The van der Waals surface area contributed by atoms with E-state index in [4.69, 9.17) is 0 Å². The molecule has 3 rings (SSSR count). The number of rotatable bonds is 3. The van der Waals surface area contributed by atoms with E-state index in [1.165, 1.54) is 24.1 Å². The highest BCUT2D eigenvalue weighted by atomic mass is 16.5. The number of amides is 4. The Morgan fingerprint density at radius 1 is 1.17 bits per heavy atom. The largest absolute Gasteiger partial charge is 0.465 e. The van der Waals surface area contributed by atoms with Crippen molar-refractivity contribution in [2.45, 2.75) is 12.5 Å². The summed E-state index contributed by atoms with van der Waals surface area (Å²) in [5.41, 5.74) is 0.813. The van der Waals surface area contributed by atoms with E-state index in [0.29, 0.717) is 30.6 Å². The number of benzene rings is 1. The molecule has 0 spiro atoms. The number of nitrogens with one attached hydrogen (secondary N) is 1. The second kappa shape index (κ2) is 6.31. The van der Waals surface area contributed by atoms with Gasteiger partial charge in [0.05, 0.1) is 25.3 Å².